The first kappa shape index (κ1) is 11.8. The molecule has 2 nitrogen and oxygen atoms in total. The van der Waals surface area contributed by atoms with Crippen LogP contribution in [0.15, 0.2) is 43.0 Å². The topological polar surface area (TPSA) is 8.81 Å². The maximum Gasteiger partial charge on any atom is 0.244 e. The van der Waals surface area contributed by atoms with Crippen molar-refractivity contribution >= 4 is 0 Å². The number of hydrogen-bond acceptors (Lipinski definition) is 0. The molecule has 0 aliphatic heterocycles. The van der Waals surface area contributed by atoms with Crippen molar-refractivity contribution in [1.82, 2.24) is 4.57 Å². The van der Waals surface area contributed by atoms with Gasteiger partial charge in [-0.05, 0) is 23.6 Å². The van der Waals surface area contributed by atoms with Gasteiger partial charge in [0.1, 0.15) is 24.8 Å². The maximum atomic E-state index is 12.8. The molecule has 0 bridgehead atoms. The third kappa shape index (κ3) is 3.41. The second-order valence-electron chi connectivity index (χ2n) is 4.80. The van der Waals surface area contributed by atoms with Crippen molar-refractivity contribution in [2.45, 2.75) is 26.9 Å². The van der Waals surface area contributed by atoms with Crippen molar-refractivity contribution in [2.24, 2.45) is 5.92 Å². The highest BCUT2D eigenvalue weighted by atomic mass is 19.1. The molecule has 3 heteroatoms. The third-order valence-electron chi connectivity index (χ3n) is 2.60. The van der Waals surface area contributed by atoms with E-state index in [1.807, 2.05) is 18.3 Å². The standard InChI is InChI=1S/C14H18FN2/c1-12(2)9-16-7-8-17(11-16)10-13-3-5-14(15)6-4-13/h3-8,11-12H,9-10H2,1-2H3/q+1. The highest BCUT2D eigenvalue weighted by Gasteiger charge is 2.06. The fourth-order valence-electron chi connectivity index (χ4n) is 1.86. The van der Waals surface area contributed by atoms with Crippen LogP contribution in [-0.2, 0) is 13.1 Å². The fourth-order valence-corrected chi connectivity index (χ4v) is 1.86. The average Bonchev–Trinajstić information content (AvgIpc) is 2.68. The third-order valence-corrected chi connectivity index (χ3v) is 2.60. The Kier molecular flexibility index (Phi) is 3.57. The van der Waals surface area contributed by atoms with E-state index >= 15 is 0 Å². The Morgan fingerprint density at radius 1 is 1.24 bits per heavy atom. The van der Waals surface area contributed by atoms with Gasteiger partial charge in [-0.3, -0.25) is 0 Å². The molecule has 1 aromatic heterocycles. The molecule has 0 amide bonds. The Morgan fingerprint density at radius 3 is 2.59 bits per heavy atom. The summed E-state index contributed by atoms with van der Waals surface area (Å²) in [5.41, 5.74) is 1.11. The number of hydrogen-bond donors (Lipinski definition) is 0. The van der Waals surface area contributed by atoms with Crippen molar-refractivity contribution in [2.75, 3.05) is 0 Å². The summed E-state index contributed by atoms with van der Waals surface area (Å²) >= 11 is 0. The lowest BCUT2D eigenvalue weighted by Gasteiger charge is -1.99. The van der Waals surface area contributed by atoms with E-state index in [1.54, 1.807) is 0 Å². The molecule has 0 aliphatic rings. The minimum absolute atomic E-state index is 0.184. The summed E-state index contributed by atoms with van der Waals surface area (Å²) < 4.78 is 17.0. The van der Waals surface area contributed by atoms with Crippen LogP contribution in [0.1, 0.15) is 19.4 Å². The van der Waals surface area contributed by atoms with Crippen molar-refractivity contribution in [3.8, 4) is 0 Å². The molecule has 0 saturated carbocycles. The van der Waals surface area contributed by atoms with Crippen molar-refractivity contribution in [3.63, 3.8) is 0 Å². The summed E-state index contributed by atoms with van der Waals surface area (Å²) in [5, 5.41) is 0. The van der Waals surface area contributed by atoms with Gasteiger partial charge in [-0.1, -0.05) is 26.0 Å². The molecule has 0 aliphatic carbocycles. The Hall–Kier alpha value is -1.64. The smallest absolute Gasteiger partial charge is 0.237 e. The largest absolute Gasteiger partial charge is 0.244 e. The van der Waals surface area contributed by atoms with Crippen LogP contribution in [0.5, 0.6) is 0 Å². The number of rotatable bonds is 4. The molecule has 0 fully saturated rings. The van der Waals surface area contributed by atoms with Gasteiger partial charge in [0.2, 0.25) is 6.33 Å². The molecule has 1 aromatic carbocycles. The summed E-state index contributed by atoms with van der Waals surface area (Å²) in [6.45, 7) is 6.20. The van der Waals surface area contributed by atoms with Gasteiger partial charge in [0, 0.05) is 0 Å². The predicted octanol–water partition coefficient (Wildman–Crippen LogP) is 2.62. The zero-order valence-electron chi connectivity index (χ0n) is 10.3. The van der Waals surface area contributed by atoms with Crippen LogP contribution in [0.2, 0.25) is 0 Å². The van der Waals surface area contributed by atoms with E-state index in [0.29, 0.717) is 5.92 Å². The highest BCUT2D eigenvalue weighted by Crippen LogP contribution is 2.02. The second kappa shape index (κ2) is 5.13. The van der Waals surface area contributed by atoms with Gasteiger partial charge in [-0.15, -0.1) is 0 Å². The van der Waals surface area contributed by atoms with Crippen LogP contribution in [-0.4, -0.2) is 4.57 Å². The number of imidazole rings is 1. The minimum Gasteiger partial charge on any atom is -0.237 e. The zero-order chi connectivity index (χ0) is 12.3. The van der Waals surface area contributed by atoms with Gasteiger partial charge in [0.25, 0.3) is 0 Å². The Labute approximate surface area is 101 Å². The molecule has 0 radical (unpaired) electrons. The highest BCUT2D eigenvalue weighted by molar-refractivity contribution is 5.14. The number of halogens is 1. The van der Waals surface area contributed by atoms with E-state index in [1.165, 1.54) is 12.1 Å². The summed E-state index contributed by atoms with van der Waals surface area (Å²) in [6.07, 6.45) is 6.21. The SMILES string of the molecule is CC(C)Cn1cc[n+](Cc2ccc(F)cc2)c1. The van der Waals surface area contributed by atoms with Crippen molar-refractivity contribution < 1.29 is 8.96 Å². The van der Waals surface area contributed by atoms with Gasteiger partial charge in [0.05, 0.1) is 6.54 Å². The van der Waals surface area contributed by atoms with Gasteiger partial charge in [0.15, 0.2) is 0 Å². The van der Waals surface area contributed by atoms with Crippen LogP contribution < -0.4 is 4.57 Å². The van der Waals surface area contributed by atoms with E-state index in [4.69, 9.17) is 0 Å². The monoisotopic (exact) mass is 233 g/mol. The average molecular weight is 233 g/mol. The molecular weight excluding hydrogens is 215 g/mol. The van der Waals surface area contributed by atoms with Gasteiger partial charge in [-0.2, -0.15) is 0 Å². The number of benzene rings is 1. The summed E-state index contributed by atoms with van der Waals surface area (Å²) in [7, 11) is 0. The molecular formula is C14H18FN2+. The molecule has 0 saturated heterocycles. The van der Waals surface area contributed by atoms with Gasteiger partial charge in [-0.25, -0.2) is 13.5 Å². The Balaban J connectivity index is 2.03. The summed E-state index contributed by atoms with van der Waals surface area (Å²) in [5.74, 6) is 0.456. The van der Waals surface area contributed by atoms with Gasteiger partial charge < -0.3 is 0 Å². The first-order valence-electron chi connectivity index (χ1n) is 5.93. The van der Waals surface area contributed by atoms with E-state index < -0.39 is 0 Å². The zero-order valence-corrected chi connectivity index (χ0v) is 10.3. The van der Waals surface area contributed by atoms with Crippen LogP contribution >= 0.6 is 0 Å². The van der Waals surface area contributed by atoms with Crippen molar-refractivity contribution in [3.05, 3.63) is 54.4 Å². The Bertz CT molecular complexity index is 471. The maximum absolute atomic E-state index is 12.8. The molecule has 0 spiro atoms. The van der Waals surface area contributed by atoms with Crippen molar-refractivity contribution in [1.29, 1.82) is 0 Å². The van der Waals surface area contributed by atoms with Gasteiger partial charge >= 0.3 is 0 Å². The molecule has 17 heavy (non-hydrogen) atoms. The Morgan fingerprint density at radius 2 is 1.94 bits per heavy atom. The molecule has 0 atom stereocenters. The van der Waals surface area contributed by atoms with E-state index in [-0.39, 0.29) is 5.82 Å². The normalized spacial score (nSPS) is 11.1. The lowest BCUT2D eigenvalue weighted by Crippen LogP contribution is -2.31. The fraction of sp³-hybridized carbons (Fsp3) is 0.357. The first-order valence-corrected chi connectivity index (χ1v) is 5.93. The van der Waals surface area contributed by atoms with E-state index in [9.17, 15) is 4.39 Å². The molecule has 2 rings (SSSR count). The van der Waals surface area contributed by atoms with Crippen LogP contribution in [0.3, 0.4) is 0 Å². The number of nitrogens with zero attached hydrogens (tertiary/aromatic N) is 2. The molecule has 90 valence electrons. The molecule has 0 N–H and O–H groups in total. The second-order valence-corrected chi connectivity index (χ2v) is 4.80. The summed E-state index contributed by atoms with van der Waals surface area (Å²) in [4.78, 5) is 0. The summed E-state index contributed by atoms with van der Waals surface area (Å²) in [6, 6.07) is 6.65. The lowest BCUT2D eigenvalue weighted by atomic mass is 10.2. The first-order chi connectivity index (χ1) is 8.13. The lowest BCUT2D eigenvalue weighted by molar-refractivity contribution is -0.687. The van der Waals surface area contributed by atoms with Crippen LogP contribution in [0.4, 0.5) is 4.39 Å². The molecule has 0 unspecified atom stereocenters. The minimum atomic E-state index is -0.184. The van der Waals surface area contributed by atoms with E-state index in [0.717, 1.165) is 18.7 Å². The van der Waals surface area contributed by atoms with Crippen LogP contribution in [0.25, 0.3) is 0 Å². The molecule has 1 heterocycles. The van der Waals surface area contributed by atoms with Crippen LogP contribution in [0, 0.1) is 11.7 Å². The predicted molar refractivity (Wildman–Crippen MR) is 65.0 cm³/mol. The molecule has 2 aromatic rings. The van der Waals surface area contributed by atoms with E-state index in [2.05, 4.69) is 35.5 Å². The number of aromatic nitrogens is 2. The quantitative estimate of drug-likeness (QED) is 0.718.